The van der Waals surface area contributed by atoms with Crippen LogP contribution in [0.15, 0.2) is 24.3 Å². The minimum absolute atomic E-state index is 0.909. The molecule has 0 aliphatic rings. The summed E-state index contributed by atoms with van der Waals surface area (Å²) in [6.07, 6.45) is 1.99. The first kappa shape index (κ1) is 13.8. The minimum atomic E-state index is 0.909. The van der Waals surface area contributed by atoms with Crippen molar-refractivity contribution < 1.29 is 0 Å². The summed E-state index contributed by atoms with van der Waals surface area (Å²) in [6, 6.07) is 8.77. The molecule has 0 amide bonds. The SMILES string of the molecule is CCc1cc(CC)n(-c2ccc(CNC)c(C)c2)n1. The van der Waals surface area contributed by atoms with E-state index < -0.39 is 0 Å². The van der Waals surface area contributed by atoms with Gasteiger partial charge in [0.25, 0.3) is 0 Å². The molecule has 1 aromatic heterocycles. The van der Waals surface area contributed by atoms with E-state index in [1.807, 2.05) is 7.05 Å². The second kappa shape index (κ2) is 6.02. The monoisotopic (exact) mass is 257 g/mol. The van der Waals surface area contributed by atoms with Gasteiger partial charge >= 0.3 is 0 Å². The van der Waals surface area contributed by atoms with Gasteiger partial charge < -0.3 is 5.32 Å². The predicted octanol–water partition coefficient (Wildman–Crippen LogP) is 3.02. The largest absolute Gasteiger partial charge is 0.316 e. The highest BCUT2D eigenvalue weighted by atomic mass is 15.3. The molecule has 0 aliphatic heterocycles. The highest BCUT2D eigenvalue weighted by molar-refractivity contribution is 5.41. The van der Waals surface area contributed by atoms with Crippen LogP contribution < -0.4 is 5.32 Å². The van der Waals surface area contributed by atoms with E-state index in [1.54, 1.807) is 0 Å². The summed E-state index contributed by atoms with van der Waals surface area (Å²) < 4.78 is 2.08. The van der Waals surface area contributed by atoms with E-state index in [0.29, 0.717) is 0 Å². The maximum atomic E-state index is 4.69. The predicted molar refractivity (Wildman–Crippen MR) is 79.8 cm³/mol. The van der Waals surface area contributed by atoms with Crippen molar-refractivity contribution in [2.75, 3.05) is 7.05 Å². The average Bonchev–Trinajstić information content (AvgIpc) is 2.84. The van der Waals surface area contributed by atoms with Crippen molar-refractivity contribution in [1.29, 1.82) is 0 Å². The molecule has 0 saturated carbocycles. The molecule has 1 aromatic carbocycles. The van der Waals surface area contributed by atoms with Gasteiger partial charge in [0.1, 0.15) is 0 Å². The van der Waals surface area contributed by atoms with Gasteiger partial charge in [0.2, 0.25) is 0 Å². The first-order chi connectivity index (χ1) is 9.19. The highest BCUT2D eigenvalue weighted by Gasteiger charge is 2.08. The van der Waals surface area contributed by atoms with Gasteiger partial charge in [0.05, 0.1) is 11.4 Å². The van der Waals surface area contributed by atoms with Gasteiger partial charge in [0, 0.05) is 12.2 Å². The Morgan fingerprint density at radius 3 is 2.53 bits per heavy atom. The third kappa shape index (κ3) is 2.87. The number of aromatic nitrogens is 2. The third-order valence-corrected chi connectivity index (χ3v) is 3.50. The maximum Gasteiger partial charge on any atom is 0.0651 e. The van der Waals surface area contributed by atoms with E-state index in [2.05, 4.69) is 60.1 Å². The Morgan fingerprint density at radius 1 is 1.16 bits per heavy atom. The van der Waals surface area contributed by atoms with Crippen molar-refractivity contribution in [2.24, 2.45) is 0 Å². The normalized spacial score (nSPS) is 10.9. The Balaban J connectivity index is 2.41. The quantitative estimate of drug-likeness (QED) is 0.892. The minimum Gasteiger partial charge on any atom is -0.316 e. The van der Waals surface area contributed by atoms with E-state index in [1.165, 1.54) is 16.8 Å². The Hall–Kier alpha value is -1.61. The lowest BCUT2D eigenvalue weighted by Gasteiger charge is -2.10. The summed E-state index contributed by atoms with van der Waals surface area (Å²) in [5.74, 6) is 0. The number of benzene rings is 1. The van der Waals surface area contributed by atoms with Gasteiger partial charge in [-0.2, -0.15) is 5.10 Å². The molecule has 0 unspecified atom stereocenters. The van der Waals surface area contributed by atoms with Gasteiger partial charge in [-0.15, -0.1) is 0 Å². The number of rotatable bonds is 5. The van der Waals surface area contributed by atoms with Gasteiger partial charge in [-0.3, -0.25) is 0 Å². The third-order valence-electron chi connectivity index (χ3n) is 3.50. The number of nitrogens with zero attached hydrogens (tertiary/aromatic N) is 2. The molecule has 0 radical (unpaired) electrons. The zero-order valence-corrected chi connectivity index (χ0v) is 12.3. The molecule has 0 saturated heterocycles. The smallest absolute Gasteiger partial charge is 0.0651 e. The summed E-state index contributed by atoms with van der Waals surface area (Å²) in [6.45, 7) is 7.39. The van der Waals surface area contributed by atoms with E-state index in [0.717, 1.165) is 30.8 Å². The van der Waals surface area contributed by atoms with Gasteiger partial charge in [-0.25, -0.2) is 4.68 Å². The van der Waals surface area contributed by atoms with Crippen LogP contribution >= 0.6 is 0 Å². The molecule has 0 bridgehead atoms. The summed E-state index contributed by atoms with van der Waals surface area (Å²) in [5.41, 5.74) is 6.25. The van der Waals surface area contributed by atoms with Crippen molar-refractivity contribution >= 4 is 0 Å². The highest BCUT2D eigenvalue weighted by Crippen LogP contribution is 2.18. The van der Waals surface area contributed by atoms with Crippen molar-refractivity contribution in [2.45, 2.75) is 40.2 Å². The van der Waals surface area contributed by atoms with Crippen molar-refractivity contribution in [3.8, 4) is 5.69 Å². The lowest BCUT2D eigenvalue weighted by Crippen LogP contribution is -2.08. The summed E-state index contributed by atoms with van der Waals surface area (Å²) in [4.78, 5) is 0. The van der Waals surface area contributed by atoms with Crippen LogP contribution in [0, 0.1) is 6.92 Å². The Labute approximate surface area is 115 Å². The number of nitrogens with one attached hydrogen (secondary N) is 1. The fourth-order valence-corrected chi connectivity index (χ4v) is 2.32. The standard InChI is InChI=1S/C16H23N3/c1-5-14-10-15(6-2)19(18-14)16-8-7-13(11-17-4)12(3)9-16/h7-10,17H,5-6,11H2,1-4H3. The summed E-state index contributed by atoms with van der Waals surface area (Å²) in [5, 5.41) is 7.89. The van der Waals surface area contributed by atoms with Crippen LogP contribution in [-0.2, 0) is 19.4 Å². The maximum absolute atomic E-state index is 4.69. The fourth-order valence-electron chi connectivity index (χ4n) is 2.32. The van der Waals surface area contributed by atoms with Gasteiger partial charge in [-0.1, -0.05) is 19.9 Å². The number of aryl methyl sites for hydroxylation is 3. The van der Waals surface area contributed by atoms with Crippen molar-refractivity contribution in [3.05, 3.63) is 46.8 Å². The average molecular weight is 257 g/mol. The lowest BCUT2D eigenvalue weighted by molar-refractivity contribution is 0.786. The molecule has 102 valence electrons. The van der Waals surface area contributed by atoms with Crippen LogP contribution in [-0.4, -0.2) is 16.8 Å². The van der Waals surface area contributed by atoms with Crippen LogP contribution in [0.4, 0.5) is 0 Å². The van der Waals surface area contributed by atoms with Gasteiger partial charge in [0.15, 0.2) is 0 Å². The number of hydrogen-bond donors (Lipinski definition) is 1. The Bertz CT molecular complexity index is 555. The molecule has 3 nitrogen and oxygen atoms in total. The Kier molecular flexibility index (Phi) is 4.38. The molecule has 0 fully saturated rings. The van der Waals surface area contributed by atoms with Crippen LogP contribution in [0.2, 0.25) is 0 Å². The molecule has 19 heavy (non-hydrogen) atoms. The first-order valence-corrected chi connectivity index (χ1v) is 7.01. The van der Waals surface area contributed by atoms with E-state index in [9.17, 15) is 0 Å². The molecule has 1 heterocycles. The van der Waals surface area contributed by atoms with Crippen LogP contribution in [0.3, 0.4) is 0 Å². The zero-order chi connectivity index (χ0) is 13.8. The van der Waals surface area contributed by atoms with Crippen LogP contribution in [0.1, 0.15) is 36.4 Å². The van der Waals surface area contributed by atoms with Gasteiger partial charge in [-0.05, 0) is 56.1 Å². The molecule has 0 aliphatic carbocycles. The van der Waals surface area contributed by atoms with E-state index >= 15 is 0 Å². The molecule has 3 heteroatoms. The van der Waals surface area contributed by atoms with Crippen molar-refractivity contribution in [3.63, 3.8) is 0 Å². The summed E-state index contributed by atoms with van der Waals surface area (Å²) >= 11 is 0. The van der Waals surface area contributed by atoms with E-state index in [4.69, 9.17) is 0 Å². The topological polar surface area (TPSA) is 29.9 Å². The zero-order valence-electron chi connectivity index (χ0n) is 12.3. The molecular formula is C16H23N3. The molecule has 2 rings (SSSR count). The second-order valence-electron chi connectivity index (χ2n) is 4.89. The number of hydrogen-bond acceptors (Lipinski definition) is 2. The first-order valence-electron chi connectivity index (χ1n) is 7.01. The Morgan fingerprint density at radius 2 is 1.95 bits per heavy atom. The second-order valence-corrected chi connectivity index (χ2v) is 4.89. The lowest BCUT2D eigenvalue weighted by atomic mass is 10.1. The molecule has 0 atom stereocenters. The van der Waals surface area contributed by atoms with Crippen molar-refractivity contribution in [1.82, 2.24) is 15.1 Å². The summed E-state index contributed by atoms with van der Waals surface area (Å²) in [7, 11) is 1.98. The molecule has 0 spiro atoms. The molecular weight excluding hydrogens is 234 g/mol. The molecule has 2 aromatic rings. The van der Waals surface area contributed by atoms with E-state index in [-0.39, 0.29) is 0 Å². The fraction of sp³-hybridized carbons (Fsp3) is 0.438. The van der Waals surface area contributed by atoms with Crippen LogP contribution in [0.5, 0.6) is 0 Å². The van der Waals surface area contributed by atoms with Crippen LogP contribution in [0.25, 0.3) is 5.69 Å². The molecule has 1 N–H and O–H groups in total.